The lowest BCUT2D eigenvalue weighted by molar-refractivity contribution is 0.172. The Morgan fingerprint density at radius 1 is 1.25 bits per heavy atom. The van der Waals surface area contributed by atoms with E-state index in [4.69, 9.17) is 15.2 Å². The molecule has 0 aliphatic carbocycles. The number of halogens is 1. The maximum absolute atomic E-state index is 13.2. The molecule has 0 radical (unpaired) electrons. The highest BCUT2D eigenvalue weighted by Gasteiger charge is 2.01. The maximum atomic E-state index is 13.2. The smallest absolute Gasteiger partial charge is 0.127 e. The Labute approximate surface area is 95.4 Å². The van der Waals surface area contributed by atoms with Crippen LogP contribution in [-0.2, 0) is 11.2 Å². The third-order valence-corrected chi connectivity index (χ3v) is 2.13. The van der Waals surface area contributed by atoms with E-state index in [1.807, 2.05) is 6.07 Å². The van der Waals surface area contributed by atoms with Gasteiger partial charge in [0.1, 0.15) is 11.6 Å². The zero-order chi connectivity index (χ0) is 11.8. The molecule has 4 heteroatoms. The van der Waals surface area contributed by atoms with Crippen molar-refractivity contribution in [2.24, 2.45) is 5.73 Å². The summed E-state index contributed by atoms with van der Waals surface area (Å²) in [4.78, 5) is 0. The lowest BCUT2D eigenvalue weighted by atomic mass is 10.1. The van der Waals surface area contributed by atoms with Gasteiger partial charge in [0.05, 0.1) is 6.61 Å². The Balaban J connectivity index is 2.51. The standard InChI is InChI=1S/C12H18FNO2/c1-15-5-2-6-16-12-8-10(3-4-14)7-11(13)9-12/h7-9H,2-6,14H2,1H3. The minimum Gasteiger partial charge on any atom is -0.493 e. The zero-order valence-electron chi connectivity index (χ0n) is 9.54. The van der Waals surface area contributed by atoms with Crippen LogP contribution in [0.2, 0.25) is 0 Å². The van der Waals surface area contributed by atoms with Crippen molar-refractivity contribution in [3.8, 4) is 5.75 Å². The van der Waals surface area contributed by atoms with Gasteiger partial charge in [0.2, 0.25) is 0 Å². The lowest BCUT2D eigenvalue weighted by Crippen LogP contribution is -2.05. The van der Waals surface area contributed by atoms with Gasteiger partial charge < -0.3 is 15.2 Å². The molecule has 0 heterocycles. The third-order valence-electron chi connectivity index (χ3n) is 2.13. The van der Waals surface area contributed by atoms with Crippen LogP contribution >= 0.6 is 0 Å². The molecule has 0 bridgehead atoms. The van der Waals surface area contributed by atoms with Crippen molar-refractivity contribution in [1.82, 2.24) is 0 Å². The van der Waals surface area contributed by atoms with Crippen LogP contribution in [0.3, 0.4) is 0 Å². The van der Waals surface area contributed by atoms with Crippen molar-refractivity contribution in [2.45, 2.75) is 12.8 Å². The van der Waals surface area contributed by atoms with Crippen molar-refractivity contribution in [3.05, 3.63) is 29.6 Å². The van der Waals surface area contributed by atoms with Crippen LogP contribution in [0.1, 0.15) is 12.0 Å². The van der Waals surface area contributed by atoms with Crippen molar-refractivity contribution in [3.63, 3.8) is 0 Å². The molecular formula is C12H18FNO2. The molecule has 0 fully saturated rings. The van der Waals surface area contributed by atoms with Crippen LogP contribution in [-0.4, -0.2) is 26.9 Å². The predicted octanol–water partition coefficient (Wildman–Crippen LogP) is 1.74. The van der Waals surface area contributed by atoms with E-state index in [0.29, 0.717) is 31.9 Å². The highest BCUT2D eigenvalue weighted by atomic mass is 19.1. The highest BCUT2D eigenvalue weighted by Crippen LogP contribution is 2.16. The first kappa shape index (κ1) is 12.9. The van der Waals surface area contributed by atoms with E-state index in [2.05, 4.69) is 0 Å². The first-order valence-electron chi connectivity index (χ1n) is 5.37. The average molecular weight is 227 g/mol. The summed E-state index contributed by atoms with van der Waals surface area (Å²) in [6.45, 7) is 1.68. The summed E-state index contributed by atoms with van der Waals surface area (Å²) in [7, 11) is 1.64. The second-order valence-corrected chi connectivity index (χ2v) is 3.53. The topological polar surface area (TPSA) is 44.5 Å². The fraction of sp³-hybridized carbons (Fsp3) is 0.500. The summed E-state index contributed by atoms with van der Waals surface area (Å²) in [6.07, 6.45) is 1.45. The maximum Gasteiger partial charge on any atom is 0.127 e. The van der Waals surface area contributed by atoms with E-state index in [1.54, 1.807) is 7.11 Å². The van der Waals surface area contributed by atoms with Gasteiger partial charge in [-0.25, -0.2) is 4.39 Å². The molecule has 0 aliphatic heterocycles. The first-order chi connectivity index (χ1) is 7.76. The van der Waals surface area contributed by atoms with Crippen LogP contribution < -0.4 is 10.5 Å². The van der Waals surface area contributed by atoms with Crippen LogP contribution in [0, 0.1) is 5.82 Å². The molecular weight excluding hydrogens is 209 g/mol. The van der Waals surface area contributed by atoms with E-state index in [0.717, 1.165) is 12.0 Å². The van der Waals surface area contributed by atoms with Crippen LogP contribution in [0.15, 0.2) is 18.2 Å². The molecule has 0 saturated heterocycles. The number of hydrogen-bond donors (Lipinski definition) is 1. The molecule has 0 spiro atoms. The summed E-state index contributed by atoms with van der Waals surface area (Å²) in [5, 5.41) is 0. The van der Waals surface area contributed by atoms with Crippen LogP contribution in [0.5, 0.6) is 5.75 Å². The van der Waals surface area contributed by atoms with Gasteiger partial charge in [-0.2, -0.15) is 0 Å². The summed E-state index contributed by atoms with van der Waals surface area (Å²) < 4.78 is 23.5. The van der Waals surface area contributed by atoms with Gasteiger partial charge in [0.15, 0.2) is 0 Å². The molecule has 0 unspecified atom stereocenters. The molecule has 0 saturated carbocycles. The molecule has 3 nitrogen and oxygen atoms in total. The quantitative estimate of drug-likeness (QED) is 0.722. The molecule has 0 aliphatic rings. The van der Waals surface area contributed by atoms with E-state index < -0.39 is 0 Å². The molecule has 1 aromatic carbocycles. The van der Waals surface area contributed by atoms with Gasteiger partial charge in [0.25, 0.3) is 0 Å². The molecule has 1 rings (SSSR count). The Bertz CT molecular complexity index is 318. The zero-order valence-corrected chi connectivity index (χ0v) is 9.54. The van der Waals surface area contributed by atoms with E-state index in [1.165, 1.54) is 12.1 Å². The summed E-state index contributed by atoms with van der Waals surface area (Å²) in [5.41, 5.74) is 6.29. The van der Waals surface area contributed by atoms with Crippen LogP contribution in [0.4, 0.5) is 4.39 Å². The summed E-state index contributed by atoms with van der Waals surface area (Å²) >= 11 is 0. The number of benzene rings is 1. The number of nitrogens with two attached hydrogens (primary N) is 1. The Morgan fingerprint density at radius 2 is 2.06 bits per heavy atom. The van der Waals surface area contributed by atoms with Gasteiger partial charge >= 0.3 is 0 Å². The molecule has 0 aromatic heterocycles. The number of ether oxygens (including phenoxy) is 2. The SMILES string of the molecule is COCCCOc1cc(F)cc(CCN)c1. The molecule has 2 N–H and O–H groups in total. The second-order valence-electron chi connectivity index (χ2n) is 3.53. The van der Waals surface area contributed by atoms with Crippen molar-refractivity contribution >= 4 is 0 Å². The van der Waals surface area contributed by atoms with E-state index in [9.17, 15) is 4.39 Å². The van der Waals surface area contributed by atoms with Crippen molar-refractivity contribution < 1.29 is 13.9 Å². The van der Waals surface area contributed by atoms with Gasteiger partial charge in [0, 0.05) is 26.2 Å². The molecule has 0 atom stereocenters. The largest absolute Gasteiger partial charge is 0.493 e. The predicted molar refractivity (Wildman–Crippen MR) is 61.1 cm³/mol. The minimum atomic E-state index is -0.285. The number of rotatable bonds is 7. The Hall–Kier alpha value is -1.13. The van der Waals surface area contributed by atoms with E-state index >= 15 is 0 Å². The van der Waals surface area contributed by atoms with Gasteiger partial charge in [-0.15, -0.1) is 0 Å². The average Bonchev–Trinajstić information content (AvgIpc) is 2.24. The fourth-order valence-electron chi connectivity index (χ4n) is 1.41. The van der Waals surface area contributed by atoms with Crippen molar-refractivity contribution in [1.29, 1.82) is 0 Å². The molecule has 0 amide bonds. The summed E-state index contributed by atoms with van der Waals surface area (Å²) in [5.74, 6) is 0.271. The molecule has 1 aromatic rings. The van der Waals surface area contributed by atoms with Gasteiger partial charge in [-0.3, -0.25) is 0 Å². The lowest BCUT2D eigenvalue weighted by Gasteiger charge is -2.08. The van der Waals surface area contributed by atoms with Crippen LogP contribution in [0.25, 0.3) is 0 Å². The highest BCUT2D eigenvalue weighted by molar-refractivity contribution is 5.29. The Kier molecular flexibility index (Phi) is 5.82. The molecule has 90 valence electrons. The second kappa shape index (κ2) is 7.19. The fourth-order valence-corrected chi connectivity index (χ4v) is 1.41. The van der Waals surface area contributed by atoms with Gasteiger partial charge in [-0.1, -0.05) is 0 Å². The first-order valence-corrected chi connectivity index (χ1v) is 5.37. The number of methoxy groups -OCH3 is 1. The number of hydrogen-bond acceptors (Lipinski definition) is 3. The monoisotopic (exact) mass is 227 g/mol. The Morgan fingerprint density at radius 3 is 2.75 bits per heavy atom. The summed E-state index contributed by atoms with van der Waals surface area (Å²) in [6, 6.07) is 4.68. The van der Waals surface area contributed by atoms with E-state index in [-0.39, 0.29) is 5.82 Å². The van der Waals surface area contributed by atoms with Crippen molar-refractivity contribution in [2.75, 3.05) is 26.9 Å². The molecule has 16 heavy (non-hydrogen) atoms. The third kappa shape index (κ3) is 4.59. The normalized spacial score (nSPS) is 10.4. The minimum absolute atomic E-state index is 0.285. The van der Waals surface area contributed by atoms with Gasteiger partial charge in [-0.05, 0) is 30.7 Å².